The van der Waals surface area contributed by atoms with E-state index in [0.717, 1.165) is 30.4 Å². The summed E-state index contributed by atoms with van der Waals surface area (Å²) in [5.41, 5.74) is 0. The van der Waals surface area contributed by atoms with E-state index in [1.807, 2.05) is 17.8 Å². The molecular weight excluding hydrogens is 256 g/mol. The van der Waals surface area contributed by atoms with Gasteiger partial charge in [0.25, 0.3) is 0 Å². The van der Waals surface area contributed by atoms with E-state index in [9.17, 15) is 4.79 Å². The maximum atomic E-state index is 11.4. The van der Waals surface area contributed by atoms with E-state index < -0.39 is 0 Å². The first kappa shape index (κ1) is 12.4. The molecular formula is C11H17BrN2O. The van der Waals surface area contributed by atoms with Gasteiger partial charge in [-0.1, -0.05) is 15.9 Å². The molecule has 0 aliphatic heterocycles. The number of nitrogens with zero attached hydrogens (tertiary/aromatic N) is 2. The highest BCUT2D eigenvalue weighted by Crippen LogP contribution is 2.05. The van der Waals surface area contributed by atoms with Crippen LogP contribution in [0.2, 0.25) is 0 Å². The summed E-state index contributed by atoms with van der Waals surface area (Å²) in [7, 11) is 1.98. The van der Waals surface area contributed by atoms with Crippen molar-refractivity contribution in [3.05, 3.63) is 18.2 Å². The van der Waals surface area contributed by atoms with Crippen molar-refractivity contribution in [3.63, 3.8) is 0 Å². The van der Waals surface area contributed by atoms with Gasteiger partial charge in [0.05, 0.1) is 0 Å². The highest BCUT2D eigenvalue weighted by Gasteiger charge is 2.03. The van der Waals surface area contributed by atoms with Gasteiger partial charge >= 0.3 is 0 Å². The highest BCUT2D eigenvalue weighted by molar-refractivity contribution is 9.09. The second-order valence-corrected chi connectivity index (χ2v) is 4.43. The quantitative estimate of drug-likeness (QED) is 0.715. The summed E-state index contributed by atoms with van der Waals surface area (Å²) < 4.78 is 2.00. The van der Waals surface area contributed by atoms with Crippen molar-refractivity contribution < 1.29 is 4.79 Å². The number of alkyl halides is 1. The molecule has 0 bridgehead atoms. The number of ketones is 1. The van der Waals surface area contributed by atoms with Crippen LogP contribution in [0.15, 0.2) is 12.4 Å². The van der Waals surface area contributed by atoms with Crippen LogP contribution >= 0.6 is 15.9 Å². The second kappa shape index (κ2) is 6.77. The number of rotatable bonds is 7. The Morgan fingerprint density at radius 3 is 2.80 bits per heavy atom. The van der Waals surface area contributed by atoms with Crippen LogP contribution in [0.5, 0.6) is 0 Å². The van der Waals surface area contributed by atoms with Crippen LogP contribution in [0.25, 0.3) is 0 Å². The largest absolute Gasteiger partial charge is 0.338 e. The summed E-state index contributed by atoms with van der Waals surface area (Å²) in [5, 5.41) is 0.915. The third kappa shape index (κ3) is 4.60. The molecule has 0 aliphatic rings. The molecule has 0 saturated carbocycles. The Hall–Kier alpha value is -0.640. The number of carbonyl (C=O) groups excluding carboxylic acids is 1. The molecule has 0 fully saturated rings. The zero-order chi connectivity index (χ0) is 11.1. The average molecular weight is 273 g/mol. The van der Waals surface area contributed by atoms with Crippen LogP contribution in [0, 0.1) is 0 Å². The predicted octanol–water partition coefficient (Wildman–Crippen LogP) is 2.49. The molecule has 1 aromatic rings. The van der Waals surface area contributed by atoms with Crippen molar-refractivity contribution in [1.29, 1.82) is 0 Å². The Balaban J connectivity index is 2.16. The summed E-state index contributed by atoms with van der Waals surface area (Å²) in [6.07, 6.45) is 7.85. The molecule has 0 unspecified atom stereocenters. The minimum atomic E-state index is 0.364. The highest BCUT2D eigenvalue weighted by atomic mass is 79.9. The Labute approximate surface area is 99.0 Å². The fraction of sp³-hybridized carbons (Fsp3) is 0.636. The van der Waals surface area contributed by atoms with Gasteiger partial charge in [-0.25, -0.2) is 4.98 Å². The number of halogens is 1. The fourth-order valence-corrected chi connectivity index (χ4v) is 1.75. The van der Waals surface area contributed by atoms with Crippen LogP contribution < -0.4 is 0 Å². The molecule has 0 aliphatic carbocycles. The van der Waals surface area contributed by atoms with Crippen molar-refractivity contribution in [1.82, 2.24) is 9.55 Å². The fourth-order valence-electron chi connectivity index (χ4n) is 1.47. The number of Topliss-reactive ketones (excluding diaryl/α,β-unsaturated/α-hetero) is 1. The third-order valence-corrected chi connectivity index (χ3v) is 2.93. The van der Waals surface area contributed by atoms with Gasteiger partial charge in [0.1, 0.15) is 11.6 Å². The maximum Gasteiger partial charge on any atom is 0.132 e. The van der Waals surface area contributed by atoms with Crippen molar-refractivity contribution in [2.24, 2.45) is 7.05 Å². The molecule has 0 N–H and O–H groups in total. The lowest BCUT2D eigenvalue weighted by atomic mass is 10.1. The van der Waals surface area contributed by atoms with Crippen molar-refractivity contribution in [3.8, 4) is 0 Å². The predicted molar refractivity (Wildman–Crippen MR) is 64.2 cm³/mol. The van der Waals surface area contributed by atoms with Crippen LogP contribution in [0.4, 0.5) is 0 Å². The van der Waals surface area contributed by atoms with Gasteiger partial charge in [0, 0.05) is 44.0 Å². The maximum absolute atomic E-state index is 11.4. The molecule has 0 radical (unpaired) electrons. The Bertz CT molecular complexity index is 309. The number of hydrogen-bond acceptors (Lipinski definition) is 2. The summed E-state index contributed by atoms with van der Waals surface area (Å²) in [6.45, 7) is 0. The zero-order valence-electron chi connectivity index (χ0n) is 9.08. The number of carbonyl (C=O) groups is 1. The smallest absolute Gasteiger partial charge is 0.132 e. The summed E-state index contributed by atoms with van der Waals surface area (Å²) in [6, 6.07) is 0. The second-order valence-electron chi connectivity index (χ2n) is 3.64. The van der Waals surface area contributed by atoms with Crippen LogP contribution in [-0.2, 0) is 18.3 Å². The molecule has 3 nitrogen and oxygen atoms in total. The standard InChI is InChI=1S/C11H17BrN2O/c1-14-9-8-13-11(14)6-2-4-10(15)5-3-7-12/h8-9H,2-7H2,1H3. The summed E-state index contributed by atoms with van der Waals surface area (Å²) in [5.74, 6) is 1.42. The molecule has 4 heteroatoms. The molecule has 0 atom stereocenters. The zero-order valence-corrected chi connectivity index (χ0v) is 10.7. The number of aromatic nitrogens is 2. The van der Waals surface area contributed by atoms with Crippen LogP contribution in [0.3, 0.4) is 0 Å². The number of aryl methyl sites for hydroxylation is 2. The van der Waals surface area contributed by atoms with Gasteiger partial charge in [0.2, 0.25) is 0 Å². The van der Waals surface area contributed by atoms with E-state index in [4.69, 9.17) is 0 Å². The molecule has 0 saturated heterocycles. The van der Waals surface area contributed by atoms with Gasteiger partial charge < -0.3 is 4.57 Å². The van der Waals surface area contributed by atoms with E-state index in [0.29, 0.717) is 18.6 Å². The minimum Gasteiger partial charge on any atom is -0.338 e. The lowest BCUT2D eigenvalue weighted by Crippen LogP contribution is -2.02. The molecule has 84 valence electrons. The summed E-state index contributed by atoms with van der Waals surface area (Å²) >= 11 is 3.32. The van der Waals surface area contributed by atoms with E-state index in [-0.39, 0.29) is 0 Å². The topological polar surface area (TPSA) is 34.9 Å². The normalized spacial score (nSPS) is 10.5. The Kier molecular flexibility index (Phi) is 5.61. The van der Waals surface area contributed by atoms with E-state index in [1.54, 1.807) is 6.20 Å². The molecule has 1 rings (SSSR count). The van der Waals surface area contributed by atoms with E-state index >= 15 is 0 Å². The lowest BCUT2D eigenvalue weighted by Gasteiger charge is -2.01. The SMILES string of the molecule is Cn1ccnc1CCCC(=O)CCCBr. The monoisotopic (exact) mass is 272 g/mol. The first-order chi connectivity index (χ1) is 7.24. The van der Waals surface area contributed by atoms with E-state index in [1.165, 1.54) is 0 Å². The lowest BCUT2D eigenvalue weighted by molar-refractivity contribution is -0.119. The van der Waals surface area contributed by atoms with Crippen molar-refractivity contribution in [2.75, 3.05) is 5.33 Å². The molecule has 1 heterocycles. The first-order valence-electron chi connectivity index (χ1n) is 5.28. The molecule has 15 heavy (non-hydrogen) atoms. The van der Waals surface area contributed by atoms with Gasteiger partial charge in [-0.3, -0.25) is 4.79 Å². The van der Waals surface area contributed by atoms with Gasteiger partial charge in [0.15, 0.2) is 0 Å². The molecule has 1 aromatic heterocycles. The first-order valence-corrected chi connectivity index (χ1v) is 6.40. The molecule has 0 spiro atoms. The van der Waals surface area contributed by atoms with Gasteiger partial charge in [-0.15, -0.1) is 0 Å². The molecule has 0 amide bonds. The van der Waals surface area contributed by atoms with E-state index in [2.05, 4.69) is 20.9 Å². The van der Waals surface area contributed by atoms with Crippen molar-refractivity contribution >= 4 is 21.7 Å². The van der Waals surface area contributed by atoms with Gasteiger partial charge in [-0.05, 0) is 12.8 Å². The van der Waals surface area contributed by atoms with Crippen LogP contribution in [-0.4, -0.2) is 20.7 Å². The third-order valence-electron chi connectivity index (χ3n) is 2.37. The van der Waals surface area contributed by atoms with Gasteiger partial charge in [-0.2, -0.15) is 0 Å². The van der Waals surface area contributed by atoms with Crippen molar-refractivity contribution in [2.45, 2.75) is 32.1 Å². The number of imidazole rings is 1. The average Bonchev–Trinajstić information content (AvgIpc) is 2.61. The Morgan fingerprint density at radius 2 is 2.20 bits per heavy atom. The molecule has 0 aromatic carbocycles. The summed E-state index contributed by atoms with van der Waals surface area (Å²) in [4.78, 5) is 15.6. The van der Waals surface area contributed by atoms with Crippen LogP contribution in [0.1, 0.15) is 31.5 Å². The number of hydrogen-bond donors (Lipinski definition) is 0. The Morgan fingerprint density at radius 1 is 1.47 bits per heavy atom. The minimum absolute atomic E-state index is 0.364.